The molecule has 0 radical (unpaired) electrons. The number of nitrogens with one attached hydrogen (secondary N) is 2. The van der Waals surface area contributed by atoms with Gasteiger partial charge in [-0.3, -0.25) is 0 Å². The van der Waals surface area contributed by atoms with Gasteiger partial charge < -0.3 is 20.6 Å². The van der Waals surface area contributed by atoms with Crippen LogP contribution in [0.1, 0.15) is 34.6 Å². The fraction of sp³-hybridized carbons (Fsp3) is 0.846. The average molecular weight is 273 g/mol. The number of carbonyl (C=O) groups excluding carboxylic acids is 1. The van der Waals surface area contributed by atoms with Crippen LogP contribution in [0, 0.1) is 5.92 Å². The smallest absolute Gasteiger partial charge is 0.326 e. The standard InChI is InChI=1S/C13H27N3O3/c1-6-16(7-2)8-10(5)14-13(19)15-11(9(3)4)12(17)18/h9-11H,6-8H2,1-5H3,(H,17,18)(H2,14,15,19). The van der Waals surface area contributed by atoms with Crippen LogP contribution in [0.15, 0.2) is 0 Å². The summed E-state index contributed by atoms with van der Waals surface area (Å²) in [4.78, 5) is 24.9. The Kier molecular flexibility index (Phi) is 8.14. The molecule has 2 atom stereocenters. The molecule has 0 aromatic heterocycles. The van der Waals surface area contributed by atoms with Crippen LogP contribution in [-0.4, -0.2) is 53.7 Å². The van der Waals surface area contributed by atoms with E-state index in [-0.39, 0.29) is 12.0 Å². The Hall–Kier alpha value is -1.30. The molecule has 0 rings (SSSR count). The molecule has 0 aliphatic rings. The summed E-state index contributed by atoms with van der Waals surface area (Å²) in [5, 5.41) is 14.2. The van der Waals surface area contributed by atoms with Gasteiger partial charge in [-0.2, -0.15) is 0 Å². The fourth-order valence-electron chi connectivity index (χ4n) is 1.83. The van der Waals surface area contributed by atoms with Gasteiger partial charge in [-0.25, -0.2) is 9.59 Å². The molecule has 112 valence electrons. The van der Waals surface area contributed by atoms with Crippen LogP contribution in [0.3, 0.4) is 0 Å². The molecule has 3 N–H and O–H groups in total. The number of carboxylic acids is 1. The maximum Gasteiger partial charge on any atom is 0.326 e. The summed E-state index contributed by atoms with van der Waals surface area (Å²) >= 11 is 0. The monoisotopic (exact) mass is 273 g/mol. The quantitative estimate of drug-likeness (QED) is 0.619. The van der Waals surface area contributed by atoms with Crippen molar-refractivity contribution in [3.63, 3.8) is 0 Å². The molecule has 19 heavy (non-hydrogen) atoms. The highest BCUT2D eigenvalue weighted by Crippen LogP contribution is 2.01. The van der Waals surface area contributed by atoms with E-state index in [2.05, 4.69) is 29.4 Å². The summed E-state index contributed by atoms with van der Waals surface area (Å²) in [7, 11) is 0. The molecule has 0 saturated heterocycles. The Labute approximate surface area is 115 Å². The number of carbonyl (C=O) groups is 2. The van der Waals surface area contributed by atoms with Crippen molar-refractivity contribution in [2.45, 2.75) is 46.7 Å². The largest absolute Gasteiger partial charge is 0.480 e. The van der Waals surface area contributed by atoms with E-state index in [4.69, 9.17) is 5.11 Å². The third-order valence-corrected chi connectivity index (χ3v) is 3.02. The highest BCUT2D eigenvalue weighted by atomic mass is 16.4. The van der Waals surface area contributed by atoms with Gasteiger partial charge in [0.15, 0.2) is 0 Å². The van der Waals surface area contributed by atoms with Crippen molar-refractivity contribution in [3.8, 4) is 0 Å². The van der Waals surface area contributed by atoms with Crippen molar-refractivity contribution >= 4 is 12.0 Å². The molecule has 0 aliphatic carbocycles. The predicted octanol–water partition coefficient (Wildman–Crippen LogP) is 1.13. The van der Waals surface area contributed by atoms with Crippen LogP contribution in [0.25, 0.3) is 0 Å². The van der Waals surface area contributed by atoms with Crippen LogP contribution in [0.2, 0.25) is 0 Å². The molecule has 0 aromatic carbocycles. The SMILES string of the molecule is CCN(CC)CC(C)NC(=O)NC(C(=O)O)C(C)C. The predicted molar refractivity (Wildman–Crippen MR) is 75.2 cm³/mol. The summed E-state index contributed by atoms with van der Waals surface area (Å²) < 4.78 is 0. The third kappa shape index (κ3) is 7.00. The van der Waals surface area contributed by atoms with Gasteiger partial charge in [0.05, 0.1) is 0 Å². The fourth-order valence-corrected chi connectivity index (χ4v) is 1.83. The summed E-state index contributed by atoms with van der Waals surface area (Å²) in [6, 6.07) is -1.32. The van der Waals surface area contributed by atoms with Crippen molar-refractivity contribution in [1.82, 2.24) is 15.5 Å². The van der Waals surface area contributed by atoms with Crippen LogP contribution >= 0.6 is 0 Å². The van der Waals surface area contributed by atoms with Crippen molar-refractivity contribution in [2.75, 3.05) is 19.6 Å². The van der Waals surface area contributed by atoms with Gasteiger partial charge in [0.25, 0.3) is 0 Å². The maximum absolute atomic E-state index is 11.7. The number of aliphatic carboxylic acids is 1. The van der Waals surface area contributed by atoms with Crippen molar-refractivity contribution in [1.29, 1.82) is 0 Å². The van der Waals surface area contributed by atoms with Crippen LogP contribution in [-0.2, 0) is 4.79 Å². The van der Waals surface area contributed by atoms with E-state index < -0.39 is 18.0 Å². The van der Waals surface area contributed by atoms with Gasteiger partial charge in [-0.15, -0.1) is 0 Å². The number of nitrogens with zero attached hydrogens (tertiary/aromatic N) is 1. The van der Waals surface area contributed by atoms with Gasteiger partial charge >= 0.3 is 12.0 Å². The normalized spacial score (nSPS) is 14.3. The van der Waals surface area contributed by atoms with E-state index in [1.807, 2.05) is 6.92 Å². The Bertz CT molecular complexity index is 291. The highest BCUT2D eigenvalue weighted by Gasteiger charge is 2.23. The molecule has 2 amide bonds. The van der Waals surface area contributed by atoms with Crippen molar-refractivity contribution < 1.29 is 14.7 Å². The maximum atomic E-state index is 11.7. The van der Waals surface area contributed by atoms with E-state index >= 15 is 0 Å². The first-order valence-corrected chi connectivity index (χ1v) is 6.83. The topological polar surface area (TPSA) is 81.7 Å². The summed E-state index contributed by atoms with van der Waals surface area (Å²) in [5.74, 6) is -1.16. The lowest BCUT2D eigenvalue weighted by Gasteiger charge is -2.25. The van der Waals surface area contributed by atoms with Gasteiger partial charge in [0, 0.05) is 12.6 Å². The van der Waals surface area contributed by atoms with Crippen molar-refractivity contribution in [3.05, 3.63) is 0 Å². The molecule has 0 bridgehead atoms. The van der Waals surface area contributed by atoms with E-state index in [0.29, 0.717) is 0 Å². The van der Waals surface area contributed by atoms with E-state index in [0.717, 1.165) is 19.6 Å². The van der Waals surface area contributed by atoms with Crippen molar-refractivity contribution in [2.24, 2.45) is 5.92 Å². The zero-order valence-electron chi connectivity index (χ0n) is 12.6. The minimum atomic E-state index is -1.01. The highest BCUT2D eigenvalue weighted by molar-refractivity contribution is 5.82. The zero-order valence-corrected chi connectivity index (χ0v) is 12.6. The summed E-state index contributed by atoms with van der Waals surface area (Å²) in [6.45, 7) is 12.2. The first-order valence-electron chi connectivity index (χ1n) is 6.83. The average Bonchev–Trinajstić information content (AvgIpc) is 2.32. The molecular weight excluding hydrogens is 246 g/mol. The molecule has 0 heterocycles. The molecule has 2 unspecified atom stereocenters. The van der Waals surface area contributed by atoms with E-state index in [1.54, 1.807) is 13.8 Å². The number of carboxylic acid groups (broad SMARTS) is 1. The zero-order chi connectivity index (χ0) is 15.0. The molecular formula is C13H27N3O3. The minimum absolute atomic E-state index is 0.0264. The number of hydrogen-bond acceptors (Lipinski definition) is 3. The number of likely N-dealkylation sites (N-methyl/N-ethyl adjacent to an activating group) is 1. The lowest BCUT2D eigenvalue weighted by molar-refractivity contribution is -0.140. The lowest BCUT2D eigenvalue weighted by atomic mass is 10.1. The molecule has 0 aromatic rings. The second-order valence-electron chi connectivity index (χ2n) is 5.06. The van der Waals surface area contributed by atoms with E-state index in [9.17, 15) is 9.59 Å². The first-order chi connectivity index (χ1) is 8.81. The number of urea groups is 1. The molecule has 0 aliphatic heterocycles. The summed E-state index contributed by atoms with van der Waals surface area (Å²) in [5.41, 5.74) is 0. The Morgan fingerprint density at radius 3 is 2.00 bits per heavy atom. The van der Waals surface area contributed by atoms with Gasteiger partial charge in [-0.1, -0.05) is 27.7 Å². The van der Waals surface area contributed by atoms with E-state index in [1.165, 1.54) is 0 Å². The van der Waals surface area contributed by atoms with Gasteiger partial charge in [-0.05, 0) is 25.9 Å². The summed E-state index contributed by atoms with van der Waals surface area (Å²) in [6.07, 6.45) is 0. The Morgan fingerprint density at radius 1 is 1.11 bits per heavy atom. The van der Waals surface area contributed by atoms with Crippen LogP contribution in [0.4, 0.5) is 4.79 Å². The molecule has 6 heteroatoms. The Morgan fingerprint density at radius 2 is 1.63 bits per heavy atom. The molecule has 6 nitrogen and oxygen atoms in total. The first kappa shape index (κ1) is 17.7. The third-order valence-electron chi connectivity index (χ3n) is 3.02. The van der Waals surface area contributed by atoms with Gasteiger partial charge in [0.2, 0.25) is 0 Å². The second kappa shape index (κ2) is 8.74. The number of rotatable bonds is 8. The molecule has 0 spiro atoms. The minimum Gasteiger partial charge on any atom is -0.480 e. The lowest BCUT2D eigenvalue weighted by Crippen LogP contribution is -2.52. The number of hydrogen-bond donors (Lipinski definition) is 3. The number of amides is 2. The van der Waals surface area contributed by atoms with Crippen LogP contribution < -0.4 is 10.6 Å². The van der Waals surface area contributed by atoms with Crippen LogP contribution in [0.5, 0.6) is 0 Å². The second-order valence-corrected chi connectivity index (χ2v) is 5.06. The Balaban J connectivity index is 4.25. The molecule has 0 fully saturated rings. The molecule has 0 saturated carbocycles. The van der Waals surface area contributed by atoms with Gasteiger partial charge in [0.1, 0.15) is 6.04 Å².